The van der Waals surface area contributed by atoms with E-state index in [1.807, 2.05) is 30.3 Å². The van der Waals surface area contributed by atoms with Crippen LogP contribution in [0.1, 0.15) is 23.7 Å². The Morgan fingerprint density at radius 1 is 0.935 bits per heavy atom. The number of para-hydroxylation sites is 1. The number of carbonyl (C=O) groups excluding carboxylic acids is 3. The number of nitrogens with one attached hydrogen (secondary N) is 1. The maximum atomic E-state index is 13.0. The number of ether oxygens (including phenoxy) is 1. The van der Waals surface area contributed by atoms with Gasteiger partial charge in [0, 0.05) is 43.2 Å². The Morgan fingerprint density at radius 2 is 1.58 bits per heavy atom. The molecule has 0 unspecified atom stereocenters. The van der Waals surface area contributed by atoms with Crippen LogP contribution in [-0.2, 0) is 9.53 Å². The highest BCUT2D eigenvalue weighted by Gasteiger charge is 2.26. The molecule has 3 amide bonds. The van der Waals surface area contributed by atoms with Gasteiger partial charge >= 0.3 is 6.09 Å². The second kappa shape index (κ2) is 11.4. The van der Waals surface area contributed by atoms with Crippen molar-refractivity contribution in [2.75, 3.05) is 43.9 Å². The minimum atomic E-state index is -0.351. The summed E-state index contributed by atoms with van der Waals surface area (Å²) in [5.74, 6) is 0.371. The van der Waals surface area contributed by atoms with Gasteiger partial charge < -0.3 is 19.9 Å². The third-order valence-corrected chi connectivity index (χ3v) is 5.88. The van der Waals surface area contributed by atoms with E-state index in [4.69, 9.17) is 4.74 Å². The molecule has 31 heavy (non-hydrogen) atoms. The van der Waals surface area contributed by atoms with Gasteiger partial charge in [0.2, 0.25) is 5.91 Å². The second-order valence-corrected chi connectivity index (χ2v) is 8.15. The number of carbonyl (C=O) groups is 3. The van der Waals surface area contributed by atoms with Crippen molar-refractivity contribution < 1.29 is 19.1 Å². The van der Waals surface area contributed by atoms with Crippen LogP contribution < -0.4 is 5.32 Å². The minimum Gasteiger partial charge on any atom is -0.450 e. The van der Waals surface area contributed by atoms with Gasteiger partial charge in [-0.1, -0.05) is 30.3 Å². The number of benzene rings is 2. The fraction of sp³-hybridized carbons (Fsp3) is 0.348. The summed E-state index contributed by atoms with van der Waals surface area (Å²) in [6.45, 7) is 3.80. The predicted molar refractivity (Wildman–Crippen MR) is 121 cm³/mol. The van der Waals surface area contributed by atoms with E-state index in [2.05, 4.69) is 5.32 Å². The maximum Gasteiger partial charge on any atom is 0.409 e. The van der Waals surface area contributed by atoms with Gasteiger partial charge in [-0.15, -0.1) is 11.8 Å². The van der Waals surface area contributed by atoms with Gasteiger partial charge in [-0.3, -0.25) is 9.59 Å². The first-order valence-electron chi connectivity index (χ1n) is 10.4. The first-order valence-corrected chi connectivity index (χ1v) is 11.3. The Kier molecular flexibility index (Phi) is 8.35. The first kappa shape index (κ1) is 22.7. The van der Waals surface area contributed by atoms with E-state index >= 15 is 0 Å². The predicted octanol–water partition coefficient (Wildman–Crippen LogP) is 3.72. The number of piperazine rings is 1. The Labute approximate surface area is 186 Å². The molecule has 0 bridgehead atoms. The van der Waals surface area contributed by atoms with Crippen molar-refractivity contribution in [1.29, 1.82) is 0 Å². The zero-order valence-electron chi connectivity index (χ0n) is 17.6. The third kappa shape index (κ3) is 6.49. The molecular weight excluding hydrogens is 414 g/mol. The molecule has 0 aliphatic carbocycles. The standard InChI is InChI=1S/C23H27N3O4S/c1-2-30-23(29)26-15-13-25(14-16-26)22(28)19-10-6-7-11-20(19)24-21(27)12-17-31-18-8-4-3-5-9-18/h3-11H,2,12-17H2,1H3,(H,24,27). The molecule has 8 heteroatoms. The van der Waals surface area contributed by atoms with Gasteiger partial charge in [-0.2, -0.15) is 0 Å². The highest BCUT2D eigenvalue weighted by Crippen LogP contribution is 2.21. The van der Waals surface area contributed by atoms with Gasteiger partial charge in [0.1, 0.15) is 0 Å². The average molecular weight is 442 g/mol. The molecule has 2 aromatic carbocycles. The molecule has 1 heterocycles. The van der Waals surface area contributed by atoms with Gasteiger partial charge in [0.15, 0.2) is 0 Å². The first-order chi connectivity index (χ1) is 15.1. The molecule has 0 saturated carbocycles. The van der Waals surface area contributed by atoms with Crippen LogP contribution in [-0.4, -0.2) is 66.2 Å². The monoisotopic (exact) mass is 441 g/mol. The van der Waals surface area contributed by atoms with Crippen molar-refractivity contribution in [2.24, 2.45) is 0 Å². The lowest BCUT2D eigenvalue weighted by atomic mass is 10.1. The lowest BCUT2D eigenvalue weighted by Gasteiger charge is -2.34. The van der Waals surface area contributed by atoms with Gasteiger partial charge in [-0.05, 0) is 31.2 Å². The summed E-state index contributed by atoms with van der Waals surface area (Å²) >= 11 is 1.62. The van der Waals surface area contributed by atoms with Crippen LogP contribution in [0.5, 0.6) is 0 Å². The highest BCUT2D eigenvalue weighted by atomic mass is 32.2. The van der Waals surface area contributed by atoms with E-state index in [1.165, 1.54) is 0 Å². The minimum absolute atomic E-state index is 0.129. The second-order valence-electron chi connectivity index (χ2n) is 6.98. The van der Waals surface area contributed by atoms with Crippen LogP contribution in [0.15, 0.2) is 59.5 Å². The largest absolute Gasteiger partial charge is 0.450 e. The van der Waals surface area contributed by atoms with E-state index in [-0.39, 0.29) is 17.9 Å². The zero-order valence-corrected chi connectivity index (χ0v) is 18.4. The molecule has 1 aliphatic heterocycles. The van der Waals surface area contributed by atoms with Crippen molar-refractivity contribution in [3.63, 3.8) is 0 Å². The molecule has 2 aromatic rings. The number of hydrogen-bond acceptors (Lipinski definition) is 5. The van der Waals surface area contributed by atoms with E-state index in [9.17, 15) is 14.4 Å². The topological polar surface area (TPSA) is 79.0 Å². The number of hydrogen-bond donors (Lipinski definition) is 1. The van der Waals surface area contributed by atoms with Gasteiger partial charge in [-0.25, -0.2) is 4.79 Å². The van der Waals surface area contributed by atoms with E-state index in [1.54, 1.807) is 52.8 Å². The summed E-state index contributed by atoms with van der Waals surface area (Å²) in [6, 6.07) is 17.0. The summed E-state index contributed by atoms with van der Waals surface area (Å²) in [7, 11) is 0. The van der Waals surface area contributed by atoms with Crippen molar-refractivity contribution in [1.82, 2.24) is 9.80 Å². The van der Waals surface area contributed by atoms with Crippen LogP contribution in [0.3, 0.4) is 0 Å². The smallest absolute Gasteiger partial charge is 0.409 e. The van der Waals surface area contributed by atoms with Crippen LogP contribution in [0.4, 0.5) is 10.5 Å². The number of thioether (sulfide) groups is 1. The lowest BCUT2D eigenvalue weighted by molar-refractivity contribution is -0.115. The summed E-state index contributed by atoms with van der Waals surface area (Å²) in [5.41, 5.74) is 0.964. The van der Waals surface area contributed by atoms with E-state index < -0.39 is 0 Å². The zero-order chi connectivity index (χ0) is 22.1. The average Bonchev–Trinajstić information content (AvgIpc) is 2.80. The normalized spacial score (nSPS) is 13.6. The van der Waals surface area contributed by atoms with E-state index in [0.29, 0.717) is 56.2 Å². The maximum absolute atomic E-state index is 13.0. The molecule has 1 N–H and O–H groups in total. The Balaban J connectivity index is 1.54. The molecule has 1 aliphatic rings. The molecule has 0 radical (unpaired) electrons. The van der Waals surface area contributed by atoms with E-state index in [0.717, 1.165) is 4.90 Å². The number of nitrogens with zero attached hydrogens (tertiary/aromatic N) is 2. The fourth-order valence-corrected chi connectivity index (χ4v) is 4.12. The molecule has 3 rings (SSSR count). The highest BCUT2D eigenvalue weighted by molar-refractivity contribution is 7.99. The summed E-state index contributed by atoms with van der Waals surface area (Å²) < 4.78 is 5.02. The lowest BCUT2D eigenvalue weighted by Crippen LogP contribution is -2.50. The number of anilines is 1. The summed E-state index contributed by atoms with van der Waals surface area (Å²) in [5, 5.41) is 2.88. The van der Waals surface area contributed by atoms with Crippen molar-refractivity contribution in [3.05, 3.63) is 60.2 Å². The SMILES string of the molecule is CCOC(=O)N1CCN(C(=O)c2ccccc2NC(=O)CCSc2ccccc2)CC1. The summed E-state index contributed by atoms with van der Waals surface area (Å²) in [4.78, 5) is 41.7. The van der Waals surface area contributed by atoms with Crippen LogP contribution >= 0.6 is 11.8 Å². The molecule has 1 fully saturated rings. The van der Waals surface area contributed by atoms with Gasteiger partial charge in [0.05, 0.1) is 17.9 Å². The molecule has 7 nitrogen and oxygen atoms in total. The summed E-state index contributed by atoms with van der Waals surface area (Å²) in [6.07, 6.45) is -0.00374. The van der Waals surface area contributed by atoms with Crippen LogP contribution in [0.25, 0.3) is 0 Å². The molecule has 1 saturated heterocycles. The van der Waals surface area contributed by atoms with Crippen molar-refractivity contribution in [3.8, 4) is 0 Å². The Morgan fingerprint density at radius 3 is 2.29 bits per heavy atom. The third-order valence-electron chi connectivity index (χ3n) is 4.87. The van der Waals surface area contributed by atoms with Gasteiger partial charge in [0.25, 0.3) is 5.91 Å². The Hall–Kier alpha value is -3.00. The number of amides is 3. The van der Waals surface area contributed by atoms with Crippen LogP contribution in [0, 0.1) is 0 Å². The fourth-order valence-electron chi connectivity index (χ4n) is 3.25. The van der Waals surface area contributed by atoms with Crippen LogP contribution in [0.2, 0.25) is 0 Å². The quantitative estimate of drug-likeness (QED) is 0.663. The molecule has 0 aromatic heterocycles. The number of rotatable bonds is 7. The molecular formula is C23H27N3O4S. The van der Waals surface area contributed by atoms with Crippen molar-refractivity contribution in [2.45, 2.75) is 18.2 Å². The van der Waals surface area contributed by atoms with Crippen molar-refractivity contribution >= 4 is 35.4 Å². The molecule has 0 atom stereocenters. The Bertz CT molecular complexity index is 899. The molecule has 0 spiro atoms. The molecule has 164 valence electrons.